The van der Waals surface area contributed by atoms with Crippen LogP contribution in [0.4, 0.5) is 0 Å². The third-order valence-electron chi connectivity index (χ3n) is 0. The van der Waals surface area contributed by atoms with E-state index < -0.39 is 0 Å². The summed E-state index contributed by atoms with van der Waals surface area (Å²) < 4.78 is 0.861. The zero-order valence-electron chi connectivity index (χ0n) is 5.13. The van der Waals surface area contributed by atoms with Gasteiger partial charge in [-0.1, -0.05) is 0 Å². The molecule has 0 atom stereocenters. The van der Waals surface area contributed by atoms with Crippen LogP contribution in [0.5, 0.6) is 0 Å². The average Bonchev–Trinajstić information content (AvgIpc) is 0.811. The molecule has 5 heteroatoms. The first kappa shape index (κ1) is 30.6. The second-order valence-corrected chi connectivity index (χ2v) is 3.03. The Kier molecular flexibility index (Phi) is 86.1. The quantitative estimate of drug-likeness (QED) is 0.387. The Hall–Kier alpha value is 2.97. The van der Waals surface area contributed by atoms with E-state index in [-0.39, 0.29) is 74.0 Å². The smallest absolute Gasteiger partial charge is 1.00 e. The van der Waals surface area contributed by atoms with Gasteiger partial charge in [-0.25, -0.2) is 0 Å². The first-order valence-electron chi connectivity index (χ1n) is 1.56. The largest absolute Gasteiger partial charge is 2.00 e. The van der Waals surface area contributed by atoms with E-state index >= 15 is 0 Å². The molecule has 0 aromatic rings. The van der Waals surface area contributed by atoms with Crippen molar-refractivity contribution in [3.63, 3.8) is 0 Å². The van der Waals surface area contributed by atoms with E-state index in [0.29, 0.717) is 0 Å². The molecule has 8 heavy (non-hydrogen) atoms. The van der Waals surface area contributed by atoms with Crippen LogP contribution in [0.3, 0.4) is 0 Å². The Morgan fingerprint density at radius 2 is 1.00 bits per heavy atom. The summed E-state index contributed by atoms with van der Waals surface area (Å²) in [6.45, 7) is 4.36. The summed E-state index contributed by atoms with van der Waals surface area (Å²) in [5.74, 6) is 0. The summed E-state index contributed by atoms with van der Waals surface area (Å²) in [5.41, 5.74) is 0. The summed E-state index contributed by atoms with van der Waals surface area (Å²) in [6, 6.07) is 0. The molecule has 0 amide bonds. The fourth-order valence-electron chi connectivity index (χ4n) is 0. The van der Waals surface area contributed by atoms with Crippen LogP contribution in [0.25, 0.3) is 0 Å². The van der Waals surface area contributed by atoms with Gasteiger partial charge in [-0.2, -0.15) is 0 Å². The van der Waals surface area contributed by atoms with Crippen LogP contribution < -0.4 is 50.9 Å². The molecule has 0 unspecified atom stereocenters. The van der Waals surface area contributed by atoms with Gasteiger partial charge in [0.25, 0.3) is 0 Å². The number of hydrogen-bond acceptors (Lipinski definition) is 0. The molecule has 0 radical (unpaired) electrons. The summed E-state index contributed by atoms with van der Waals surface area (Å²) in [6.07, 6.45) is 0. The van der Waals surface area contributed by atoms with Gasteiger partial charge in [0.1, 0.15) is 0 Å². The molecular formula is C3H7Br3Mg2. The predicted octanol–water partition coefficient (Wildman–Crippen LogP) is -8.39. The molecule has 0 aromatic carbocycles. The Morgan fingerprint density at radius 3 is 1.00 bits per heavy atom. The fourth-order valence-corrected chi connectivity index (χ4v) is 0. The van der Waals surface area contributed by atoms with Crippen molar-refractivity contribution in [1.82, 2.24) is 0 Å². The second kappa shape index (κ2) is 22.5. The minimum atomic E-state index is 0. The zero-order valence-corrected chi connectivity index (χ0v) is 12.7. The maximum Gasteiger partial charge on any atom is 2.00 e. The Morgan fingerprint density at radius 1 is 1.00 bits per heavy atom. The molecule has 0 aliphatic heterocycles. The van der Waals surface area contributed by atoms with Gasteiger partial charge in [0.15, 0.2) is 0 Å². The van der Waals surface area contributed by atoms with E-state index in [1.807, 2.05) is 21.7 Å². The van der Waals surface area contributed by atoms with Gasteiger partial charge in [-0.3, -0.25) is 0 Å². The standard InChI is InChI=1S/C3H7.3BrH.2Mg/c1-3-2;;;;;/h3H,1-2H3;3*1H;;/q;;;;+1;+2/p-3. The summed E-state index contributed by atoms with van der Waals surface area (Å²) in [7, 11) is 0. The van der Waals surface area contributed by atoms with Crippen molar-refractivity contribution in [3.05, 3.63) is 0 Å². The molecule has 0 saturated carbocycles. The first-order valence-corrected chi connectivity index (χ1v) is 2.38. The van der Waals surface area contributed by atoms with Crippen LogP contribution in [0.15, 0.2) is 0 Å². The van der Waals surface area contributed by atoms with Gasteiger partial charge >= 0.3 is 62.7 Å². The minimum Gasteiger partial charge on any atom is -1.00 e. The van der Waals surface area contributed by atoms with Gasteiger partial charge in [0, 0.05) is 0 Å². The summed E-state index contributed by atoms with van der Waals surface area (Å²) in [4.78, 5) is 0. The second-order valence-electron chi connectivity index (χ2n) is 1.39. The third kappa shape index (κ3) is 64.5. The molecule has 0 rings (SSSR count). The van der Waals surface area contributed by atoms with E-state index in [4.69, 9.17) is 0 Å². The molecule has 0 N–H and O–H groups in total. The minimum absolute atomic E-state index is 0. The molecule has 0 spiro atoms. The molecule has 0 heterocycles. The maximum absolute atomic E-state index is 2.18. The van der Waals surface area contributed by atoms with E-state index in [2.05, 4.69) is 13.8 Å². The van der Waals surface area contributed by atoms with Gasteiger partial charge in [-0.05, 0) is 0 Å². The van der Waals surface area contributed by atoms with Gasteiger partial charge in [-0.15, -0.1) is 0 Å². The monoisotopic (exact) mass is 328 g/mol. The normalized spacial score (nSPS) is 4.62. The molecule has 0 aromatic heterocycles. The number of hydrogen-bond donors (Lipinski definition) is 0. The molecule has 0 saturated heterocycles. The fraction of sp³-hybridized carbons (Fsp3) is 1.00. The summed E-state index contributed by atoms with van der Waals surface area (Å²) in [5, 5.41) is 0. The molecular weight excluding hydrogens is 324 g/mol. The molecule has 0 aliphatic carbocycles. The van der Waals surface area contributed by atoms with Crippen molar-refractivity contribution in [2.75, 3.05) is 0 Å². The SMILES string of the molecule is C[CH](C)[Mg+].[Br-].[Br-].[Br-].[Mg+2]. The van der Waals surface area contributed by atoms with Gasteiger partial charge < -0.3 is 50.9 Å². The van der Waals surface area contributed by atoms with Crippen molar-refractivity contribution in [3.8, 4) is 0 Å². The van der Waals surface area contributed by atoms with Crippen LogP contribution in [-0.2, 0) is 0 Å². The average molecular weight is 331 g/mol. The van der Waals surface area contributed by atoms with E-state index in [9.17, 15) is 0 Å². The van der Waals surface area contributed by atoms with Gasteiger partial charge in [0.2, 0.25) is 0 Å². The Bertz CT molecular complexity index is 17.2. The van der Waals surface area contributed by atoms with Crippen LogP contribution in [-0.4, -0.2) is 44.8 Å². The molecule has 44 valence electrons. The van der Waals surface area contributed by atoms with Crippen molar-refractivity contribution >= 4 is 44.8 Å². The van der Waals surface area contributed by atoms with Crippen LogP contribution in [0.1, 0.15) is 13.8 Å². The van der Waals surface area contributed by atoms with Crippen molar-refractivity contribution in [1.29, 1.82) is 0 Å². The number of halogens is 3. The van der Waals surface area contributed by atoms with Crippen LogP contribution >= 0.6 is 0 Å². The topological polar surface area (TPSA) is 0 Å². The van der Waals surface area contributed by atoms with Crippen molar-refractivity contribution < 1.29 is 50.9 Å². The van der Waals surface area contributed by atoms with Crippen LogP contribution in [0.2, 0.25) is 4.05 Å². The predicted molar refractivity (Wildman–Crippen MR) is 26.6 cm³/mol. The van der Waals surface area contributed by atoms with E-state index in [1.54, 1.807) is 0 Å². The van der Waals surface area contributed by atoms with Crippen LogP contribution in [0, 0.1) is 0 Å². The van der Waals surface area contributed by atoms with Crippen molar-refractivity contribution in [2.24, 2.45) is 0 Å². The molecule has 0 bridgehead atoms. The zero-order chi connectivity index (χ0) is 3.58. The van der Waals surface area contributed by atoms with Crippen molar-refractivity contribution in [2.45, 2.75) is 17.9 Å². The maximum atomic E-state index is 2.18. The number of rotatable bonds is 0. The first-order chi connectivity index (χ1) is 1.73. The van der Waals surface area contributed by atoms with E-state index in [1.165, 1.54) is 0 Å². The third-order valence-corrected chi connectivity index (χ3v) is 0. The summed E-state index contributed by atoms with van der Waals surface area (Å²) >= 11 is 2.00. The van der Waals surface area contributed by atoms with E-state index in [0.717, 1.165) is 4.05 Å². The molecule has 0 nitrogen and oxygen atoms in total. The molecule has 0 fully saturated rings. The molecule has 0 aliphatic rings. The Labute approximate surface area is 112 Å². The Balaban J connectivity index is -0.00000000750. The van der Waals surface area contributed by atoms with Gasteiger partial charge in [0.05, 0.1) is 0 Å².